The summed E-state index contributed by atoms with van der Waals surface area (Å²) in [6.45, 7) is 4.61. The Bertz CT molecular complexity index is 3480. The molecule has 0 amide bonds. The minimum Gasteiger partial charge on any atom is -0.436 e. The third-order valence-electron chi connectivity index (χ3n) is 12.0. The molecule has 3 aromatic heterocycles. The topological polar surface area (TPSA) is 64.7 Å². The zero-order valence-electron chi connectivity index (χ0n) is 32.3. The van der Waals surface area contributed by atoms with E-state index in [0.717, 1.165) is 66.0 Å². The largest absolute Gasteiger partial charge is 0.436 e. The Balaban J connectivity index is 1.06. The number of nitrogens with zero attached hydrogens (tertiary/aromatic N) is 4. The Morgan fingerprint density at radius 1 is 0.441 bits per heavy atom. The van der Waals surface area contributed by atoms with Gasteiger partial charge in [0.25, 0.3) is 0 Å². The number of hydrogen-bond acceptors (Lipinski definition) is 6. The van der Waals surface area contributed by atoms with Crippen LogP contribution >= 0.6 is 11.3 Å². The highest BCUT2D eigenvalue weighted by atomic mass is 32.1. The van der Waals surface area contributed by atoms with E-state index >= 15 is 0 Å². The smallest absolute Gasteiger partial charge is 0.227 e. The number of oxazole rings is 1. The summed E-state index contributed by atoms with van der Waals surface area (Å²) >= 11 is 1.78. The fourth-order valence-electron chi connectivity index (χ4n) is 8.98. The van der Waals surface area contributed by atoms with Gasteiger partial charge in [0.05, 0.1) is 0 Å². The van der Waals surface area contributed by atoms with Crippen molar-refractivity contribution in [3.8, 4) is 67.9 Å². The van der Waals surface area contributed by atoms with Crippen LogP contribution in [0, 0.1) is 0 Å². The van der Waals surface area contributed by atoms with Crippen LogP contribution in [0.5, 0.6) is 0 Å². The Kier molecular flexibility index (Phi) is 7.38. The molecule has 11 aromatic rings. The van der Waals surface area contributed by atoms with Crippen molar-refractivity contribution in [3.05, 3.63) is 181 Å². The normalized spacial score (nSPS) is 13.1. The van der Waals surface area contributed by atoms with Crippen molar-refractivity contribution < 1.29 is 4.42 Å². The van der Waals surface area contributed by atoms with E-state index in [4.69, 9.17) is 24.4 Å². The van der Waals surface area contributed by atoms with Crippen molar-refractivity contribution in [1.82, 2.24) is 19.9 Å². The second kappa shape index (κ2) is 12.9. The van der Waals surface area contributed by atoms with Crippen LogP contribution in [0.3, 0.4) is 0 Å². The molecule has 3 heterocycles. The fourth-order valence-corrected chi connectivity index (χ4v) is 10.1. The highest BCUT2D eigenvalue weighted by Gasteiger charge is 2.35. The molecule has 6 heteroatoms. The molecule has 0 unspecified atom stereocenters. The van der Waals surface area contributed by atoms with Crippen LogP contribution in [-0.2, 0) is 5.41 Å². The van der Waals surface area contributed by atoms with Crippen molar-refractivity contribution in [1.29, 1.82) is 0 Å². The minimum absolute atomic E-state index is 0.158. The number of hydrogen-bond donors (Lipinski definition) is 0. The van der Waals surface area contributed by atoms with Crippen molar-refractivity contribution in [2.45, 2.75) is 19.3 Å². The van der Waals surface area contributed by atoms with Gasteiger partial charge in [-0.2, -0.15) is 0 Å². The summed E-state index contributed by atoms with van der Waals surface area (Å²) in [6.07, 6.45) is 0. The van der Waals surface area contributed by atoms with Crippen LogP contribution in [0.1, 0.15) is 25.0 Å². The second-order valence-corrected chi connectivity index (χ2v) is 16.9. The molecule has 0 saturated carbocycles. The molecule has 0 bridgehead atoms. The third-order valence-corrected chi connectivity index (χ3v) is 13.1. The van der Waals surface area contributed by atoms with Crippen molar-refractivity contribution in [3.63, 3.8) is 0 Å². The summed E-state index contributed by atoms with van der Waals surface area (Å²) < 4.78 is 8.72. The molecule has 8 aromatic carbocycles. The van der Waals surface area contributed by atoms with Gasteiger partial charge < -0.3 is 4.42 Å². The second-order valence-electron chi connectivity index (χ2n) is 15.8. The van der Waals surface area contributed by atoms with Crippen molar-refractivity contribution in [2.75, 3.05) is 0 Å². The molecule has 0 fully saturated rings. The van der Waals surface area contributed by atoms with E-state index in [1.165, 1.54) is 31.7 Å². The zero-order valence-corrected chi connectivity index (χ0v) is 33.1. The number of aromatic nitrogens is 4. The van der Waals surface area contributed by atoms with Gasteiger partial charge in [0.2, 0.25) is 5.89 Å². The van der Waals surface area contributed by atoms with E-state index in [1.54, 1.807) is 11.3 Å². The number of fused-ring (bicyclic) bond motifs is 10. The van der Waals surface area contributed by atoms with Gasteiger partial charge in [-0.05, 0) is 92.7 Å². The van der Waals surface area contributed by atoms with E-state index in [9.17, 15) is 0 Å². The molecule has 12 rings (SSSR count). The van der Waals surface area contributed by atoms with E-state index in [2.05, 4.69) is 141 Å². The van der Waals surface area contributed by atoms with E-state index < -0.39 is 0 Å². The van der Waals surface area contributed by atoms with E-state index in [1.807, 2.05) is 42.5 Å². The quantitative estimate of drug-likeness (QED) is 0.174. The Morgan fingerprint density at radius 3 is 1.83 bits per heavy atom. The lowest BCUT2D eigenvalue weighted by Crippen LogP contribution is -2.15. The molecular formula is C53H34N4OS. The SMILES string of the molecule is CC1(C)c2ccccc2-c2ccc(-c3nc(-c4cccc(-c5ccccc5)c4)nc(-c4ccc5ccc6sc7ccc8oc(-c9ccccc9)nc8c7c6c5c4)n3)cc21. The first-order valence-electron chi connectivity index (χ1n) is 19.9. The minimum atomic E-state index is -0.158. The average Bonchev–Trinajstić information content (AvgIpc) is 3.97. The van der Waals surface area contributed by atoms with E-state index in [0.29, 0.717) is 23.4 Å². The Hall–Kier alpha value is -7.28. The van der Waals surface area contributed by atoms with Crippen LogP contribution in [0.2, 0.25) is 0 Å². The zero-order chi connectivity index (χ0) is 39.2. The molecular weight excluding hydrogens is 741 g/mol. The number of benzene rings is 8. The highest BCUT2D eigenvalue weighted by Crippen LogP contribution is 2.49. The van der Waals surface area contributed by atoms with Crippen LogP contribution in [0.25, 0.3) is 110 Å². The maximum atomic E-state index is 6.36. The standard InChI is InChI=1S/C53H34N4OS/c1-53(2)41-19-10-9-18-38(41)39-24-22-37(30-42(39)53)51-56-49(35-17-11-16-34(28-35)31-12-5-3-6-13-31)55-50(57-51)36-21-20-32-23-26-44-46(40(32)29-36)47-45(59-44)27-25-43-48(47)54-52(58-43)33-14-7-4-8-15-33/h3-30H,1-2H3. The Morgan fingerprint density at radius 2 is 1.03 bits per heavy atom. The van der Waals surface area contributed by atoms with Gasteiger partial charge in [0.15, 0.2) is 23.1 Å². The molecule has 278 valence electrons. The van der Waals surface area contributed by atoms with Gasteiger partial charge in [-0.3, -0.25) is 0 Å². The Labute approximate surface area is 344 Å². The lowest BCUT2D eigenvalue weighted by Gasteiger charge is -2.21. The first kappa shape index (κ1) is 33.8. The van der Waals surface area contributed by atoms with Crippen LogP contribution < -0.4 is 0 Å². The molecule has 5 nitrogen and oxygen atoms in total. The lowest BCUT2D eigenvalue weighted by molar-refractivity contribution is 0.620. The summed E-state index contributed by atoms with van der Waals surface area (Å²) in [6, 6.07) is 59.6. The van der Waals surface area contributed by atoms with Crippen LogP contribution in [-0.4, -0.2) is 19.9 Å². The average molecular weight is 775 g/mol. The summed E-state index contributed by atoms with van der Waals surface area (Å²) in [7, 11) is 0. The number of thiophene rings is 1. The van der Waals surface area contributed by atoms with Gasteiger partial charge in [0, 0.05) is 47.8 Å². The molecule has 1 aliphatic rings. The molecule has 0 saturated heterocycles. The molecule has 0 atom stereocenters. The summed E-state index contributed by atoms with van der Waals surface area (Å²) in [4.78, 5) is 20.8. The highest BCUT2D eigenvalue weighted by molar-refractivity contribution is 7.26. The van der Waals surface area contributed by atoms with Gasteiger partial charge in [0.1, 0.15) is 5.52 Å². The lowest BCUT2D eigenvalue weighted by atomic mass is 9.82. The molecule has 0 N–H and O–H groups in total. The number of rotatable bonds is 5. The van der Waals surface area contributed by atoms with Gasteiger partial charge in [-0.25, -0.2) is 19.9 Å². The third kappa shape index (κ3) is 5.37. The predicted molar refractivity (Wildman–Crippen MR) is 243 cm³/mol. The molecule has 1 aliphatic carbocycles. The first-order chi connectivity index (χ1) is 29.0. The summed E-state index contributed by atoms with van der Waals surface area (Å²) in [5.41, 5.74) is 12.7. The maximum Gasteiger partial charge on any atom is 0.227 e. The molecule has 0 aliphatic heterocycles. The van der Waals surface area contributed by atoms with Gasteiger partial charge in [-0.1, -0.05) is 135 Å². The molecule has 59 heavy (non-hydrogen) atoms. The summed E-state index contributed by atoms with van der Waals surface area (Å²) in [5, 5.41) is 4.52. The molecule has 0 radical (unpaired) electrons. The van der Waals surface area contributed by atoms with E-state index in [-0.39, 0.29) is 5.41 Å². The van der Waals surface area contributed by atoms with Gasteiger partial charge in [-0.15, -0.1) is 11.3 Å². The monoisotopic (exact) mass is 774 g/mol. The molecule has 0 spiro atoms. The van der Waals surface area contributed by atoms with Crippen molar-refractivity contribution >= 4 is 53.4 Å². The fraction of sp³-hybridized carbons (Fsp3) is 0.0566. The predicted octanol–water partition coefficient (Wildman–Crippen LogP) is 14.2. The first-order valence-corrected chi connectivity index (χ1v) is 20.7. The maximum absolute atomic E-state index is 6.36. The van der Waals surface area contributed by atoms with Crippen LogP contribution in [0.4, 0.5) is 0 Å². The van der Waals surface area contributed by atoms with Gasteiger partial charge >= 0.3 is 0 Å². The summed E-state index contributed by atoms with van der Waals surface area (Å²) in [5.74, 6) is 2.51. The van der Waals surface area contributed by atoms with Crippen molar-refractivity contribution in [2.24, 2.45) is 0 Å². The van der Waals surface area contributed by atoms with Crippen LogP contribution in [0.15, 0.2) is 174 Å².